The van der Waals surface area contributed by atoms with Gasteiger partial charge >= 0.3 is 0 Å². The van der Waals surface area contributed by atoms with Gasteiger partial charge in [-0.15, -0.1) is 0 Å². The van der Waals surface area contributed by atoms with Crippen LogP contribution >= 0.6 is 0 Å². The van der Waals surface area contributed by atoms with Gasteiger partial charge < -0.3 is 15.1 Å². The molecule has 1 N–H and O–H groups in total. The van der Waals surface area contributed by atoms with Crippen molar-refractivity contribution in [3.05, 3.63) is 42.4 Å². The minimum atomic E-state index is 0.501. The van der Waals surface area contributed by atoms with Crippen molar-refractivity contribution < 1.29 is 0 Å². The van der Waals surface area contributed by atoms with Gasteiger partial charge in [0.15, 0.2) is 0 Å². The van der Waals surface area contributed by atoms with Crippen molar-refractivity contribution in [2.24, 2.45) is 0 Å². The predicted molar refractivity (Wildman–Crippen MR) is 123 cm³/mol. The monoisotopic (exact) mass is 414 g/mol. The maximum Gasteiger partial charge on any atom is 0.228 e. The molecule has 0 bridgehead atoms. The number of nitrogens with zero attached hydrogens (tertiary/aromatic N) is 7. The summed E-state index contributed by atoms with van der Waals surface area (Å²) in [7, 11) is 2.17. The standard InChI is InChI=1S/C23H26N8/c1-15-11-20(24-14-19(15)30-9-7-29(2)8-10-30)27-23-25-12-16-3-4-17-13-26-31(18-5-6-18)22(17)21(16)28-23/h3-4,11-14,18H,5-10H2,1-2H3,(H,24,25,27,28). The Labute approximate surface area is 180 Å². The number of aryl methyl sites for hydroxylation is 1. The summed E-state index contributed by atoms with van der Waals surface area (Å²) in [5, 5.41) is 10.1. The minimum Gasteiger partial charge on any atom is -0.368 e. The van der Waals surface area contributed by atoms with Gasteiger partial charge in [0.1, 0.15) is 11.3 Å². The van der Waals surface area contributed by atoms with E-state index in [0.29, 0.717) is 12.0 Å². The fourth-order valence-electron chi connectivity index (χ4n) is 4.39. The van der Waals surface area contributed by atoms with E-state index in [0.717, 1.165) is 53.8 Å². The smallest absolute Gasteiger partial charge is 0.228 e. The topological polar surface area (TPSA) is 75.0 Å². The van der Waals surface area contributed by atoms with E-state index >= 15 is 0 Å². The average molecular weight is 415 g/mol. The number of benzene rings is 1. The van der Waals surface area contributed by atoms with E-state index in [2.05, 4.69) is 67.0 Å². The maximum atomic E-state index is 4.85. The Morgan fingerprint density at radius 2 is 1.77 bits per heavy atom. The molecule has 0 spiro atoms. The number of hydrogen-bond donors (Lipinski definition) is 1. The quantitative estimate of drug-likeness (QED) is 0.548. The van der Waals surface area contributed by atoms with E-state index < -0.39 is 0 Å². The molecule has 1 aromatic carbocycles. The molecule has 2 aliphatic rings. The molecule has 4 heterocycles. The fraction of sp³-hybridized carbons (Fsp3) is 0.391. The molecule has 158 valence electrons. The van der Waals surface area contributed by atoms with Crippen LogP contribution in [0.5, 0.6) is 0 Å². The highest BCUT2D eigenvalue weighted by Crippen LogP contribution is 2.38. The molecule has 4 aromatic rings. The van der Waals surface area contributed by atoms with Crippen LogP contribution in [0.4, 0.5) is 17.5 Å². The largest absolute Gasteiger partial charge is 0.368 e. The van der Waals surface area contributed by atoms with Crippen LogP contribution in [0.3, 0.4) is 0 Å². The lowest BCUT2D eigenvalue weighted by Crippen LogP contribution is -2.44. The van der Waals surface area contributed by atoms with Crippen LogP contribution in [0.25, 0.3) is 21.8 Å². The Morgan fingerprint density at radius 3 is 2.55 bits per heavy atom. The highest BCUT2D eigenvalue weighted by atomic mass is 15.3. The first-order chi connectivity index (χ1) is 15.2. The summed E-state index contributed by atoms with van der Waals surface area (Å²) in [5.41, 5.74) is 4.44. The van der Waals surface area contributed by atoms with Crippen molar-refractivity contribution in [3.63, 3.8) is 0 Å². The van der Waals surface area contributed by atoms with Gasteiger partial charge in [-0.25, -0.2) is 15.0 Å². The second-order valence-electron chi connectivity index (χ2n) is 8.73. The first-order valence-corrected chi connectivity index (χ1v) is 11.0. The lowest BCUT2D eigenvalue weighted by atomic mass is 10.2. The van der Waals surface area contributed by atoms with Crippen molar-refractivity contribution in [2.75, 3.05) is 43.4 Å². The molecule has 1 saturated heterocycles. The Morgan fingerprint density at radius 1 is 0.968 bits per heavy atom. The molecule has 0 radical (unpaired) electrons. The number of hydrogen-bond acceptors (Lipinski definition) is 7. The number of pyridine rings is 1. The van der Waals surface area contributed by atoms with E-state index in [4.69, 9.17) is 4.98 Å². The molecule has 8 heteroatoms. The van der Waals surface area contributed by atoms with Crippen molar-refractivity contribution in [3.8, 4) is 0 Å². The molecule has 0 amide bonds. The SMILES string of the molecule is Cc1cc(Nc2ncc3ccc4cnn(C5CC5)c4c3n2)ncc1N1CCN(C)CC1. The summed E-state index contributed by atoms with van der Waals surface area (Å²) in [6, 6.07) is 6.74. The zero-order chi connectivity index (χ0) is 20.9. The second-order valence-corrected chi connectivity index (χ2v) is 8.73. The van der Waals surface area contributed by atoms with Gasteiger partial charge in [-0.2, -0.15) is 5.10 Å². The number of anilines is 3. The van der Waals surface area contributed by atoms with Crippen LogP contribution in [0.1, 0.15) is 24.4 Å². The number of aromatic nitrogens is 5. The maximum absolute atomic E-state index is 4.85. The van der Waals surface area contributed by atoms with Crippen LogP contribution in [0.15, 0.2) is 36.8 Å². The zero-order valence-electron chi connectivity index (χ0n) is 17.9. The van der Waals surface area contributed by atoms with Gasteiger partial charge in [-0.1, -0.05) is 12.1 Å². The van der Waals surface area contributed by atoms with E-state index in [1.54, 1.807) is 0 Å². The number of rotatable bonds is 4. The number of nitrogens with one attached hydrogen (secondary N) is 1. The summed E-state index contributed by atoms with van der Waals surface area (Å²) >= 11 is 0. The Balaban J connectivity index is 1.31. The number of likely N-dealkylation sites (N-methyl/N-ethyl adjacent to an activating group) is 1. The van der Waals surface area contributed by atoms with Gasteiger partial charge in [0, 0.05) is 43.1 Å². The molecular weight excluding hydrogens is 388 g/mol. The van der Waals surface area contributed by atoms with E-state index in [-0.39, 0.29) is 0 Å². The van der Waals surface area contributed by atoms with E-state index in [1.165, 1.54) is 24.1 Å². The number of fused-ring (bicyclic) bond motifs is 3. The molecule has 1 aliphatic heterocycles. The van der Waals surface area contributed by atoms with Gasteiger partial charge in [-0.3, -0.25) is 4.68 Å². The molecule has 0 unspecified atom stereocenters. The Bertz CT molecular complexity index is 1270. The van der Waals surface area contributed by atoms with Crippen LogP contribution in [0, 0.1) is 6.92 Å². The van der Waals surface area contributed by atoms with Gasteiger partial charge in [-0.05, 0) is 38.4 Å². The first kappa shape index (κ1) is 18.5. The summed E-state index contributed by atoms with van der Waals surface area (Å²) in [6.45, 7) is 6.36. The molecule has 1 saturated carbocycles. The second kappa shape index (κ2) is 7.16. The fourth-order valence-corrected chi connectivity index (χ4v) is 4.39. The van der Waals surface area contributed by atoms with Crippen LogP contribution in [-0.4, -0.2) is 62.9 Å². The Kier molecular flexibility index (Phi) is 4.27. The van der Waals surface area contributed by atoms with Gasteiger partial charge in [0.05, 0.1) is 29.6 Å². The van der Waals surface area contributed by atoms with Crippen LogP contribution in [-0.2, 0) is 0 Å². The Hall–Kier alpha value is -3.26. The van der Waals surface area contributed by atoms with Gasteiger partial charge in [0.2, 0.25) is 5.95 Å². The highest BCUT2D eigenvalue weighted by Gasteiger charge is 2.27. The molecular formula is C23H26N8. The average Bonchev–Trinajstić information content (AvgIpc) is 3.53. The van der Waals surface area contributed by atoms with Gasteiger partial charge in [0.25, 0.3) is 0 Å². The van der Waals surface area contributed by atoms with E-state index in [9.17, 15) is 0 Å². The summed E-state index contributed by atoms with van der Waals surface area (Å²) in [4.78, 5) is 18.8. The van der Waals surface area contributed by atoms with Crippen molar-refractivity contribution >= 4 is 39.3 Å². The molecule has 3 aromatic heterocycles. The van der Waals surface area contributed by atoms with Crippen LogP contribution < -0.4 is 10.2 Å². The first-order valence-electron chi connectivity index (χ1n) is 11.0. The lowest BCUT2D eigenvalue weighted by Gasteiger charge is -2.34. The van der Waals surface area contributed by atoms with Crippen LogP contribution in [0.2, 0.25) is 0 Å². The summed E-state index contributed by atoms with van der Waals surface area (Å²) in [6.07, 6.45) is 8.15. The van der Waals surface area contributed by atoms with Crippen molar-refractivity contribution in [2.45, 2.75) is 25.8 Å². The van der Waals surface area contributed by atoms with Crippen molar-refractivity contribution in [1.82, 2.24) is 29.6 Å². The highest BCUT2D eigenvalue weighted by molar-refractivity contribution is 6.03. The third kappa shape index (κ3) is 3.37. The zero-order valence-corrected chi connectivity index (χ0v) is 17.9. The lowest BCUT2D eigenvalue weighted by molar-refractivity contribution is 0.312. The molecule has 1 aliphatic carbocycles. The normalized spacial score (nSPS) is 17.5. The number of piperazine rings is 1. The molecule has 6 rings (SSSR count). The van der Waals surface area contributed by atoms with E-state index in [1.807, 2.05) is 18.6 Å². The molecule has 31 heavy (non-hydrogen) atoms. The third-order valence-electron chi connectivity index (χ3n) is 6.37. The molecule has 8 nitrogen and oxygen atoms in total. The predicted octanol–water partition coefficient (Wildman–Crippen LogP) is 3.51. The summed E-state index contributed by atoms with van der Waals surface area (Å²) in [5.74, 6) is 1.32. The third-order valence-corrected chi connectivity index (χ3v) is 6.37. The van der Waals surface area contributed by atoms with Crippen molar-refractivity contribution in [1.29, 1.82) is 0 Å². The summed E-state index contributed by atoms with van der Waals surface area (Å²) < 4.78 is 2.13. The molecule has 2 fully saturated rings. The minimum absolute atomic E-state index is 0.501. The molecule has 0 atom stereocenters.